The van der Waals surface area contributed by atoms with E-state index in [0.29, 0.717) is 18.4 Å². The van der Waals surface area contributed by atoms with Crippen LogP contribution in [0.15, 0.2) is 5.38 Å². The summed E-state index contributed by atoms with van der Waals surface area (Å²) >= 11 is 1.67. The number of thiazole rings is 1. The lowest BCUT2D eigenvalue weighted by Gasteiger charge is -2.30. The van der Waals surface area contributed by atoms with Crippen LogP contribution in [-0.2, 0) is 11.2 Å². The van der Waals surface area contributed by atoms with Crippen LogP contribution in [0.25, 0.3) is 0 Å². The Kier molecular flexibility index (Phi) is 5.34. The smallest absolute Gasteiger partial charge is 0.220 e. The highest BCUT2D eigenvalue weighted by atomic mass is 32.1. The van der Waals surface area contributed by atoms with Crippen LogP contribution in [0.1, 0.15) is 36.9 Å². The Bertz CT molecular complexity index is 419. The molecule has 2 atom stereocenters. The first kappa shape index (κ1) is 14.5. The van der Waals surface area contributed by atoms with E-state index in [1.165, 1.54) is 0 Å². The summed E-state index contributed by atoms with van der Waals surface area (Å²) in [4.78, 5) is 16.3. The van der Waals surface area contributed by atoms with Crippen molar-refractivity contribution in [3.63, 3.8) is 0 Å². The van der Waals surface area contributed by atoms with Crippen LogP contribution >= 0.6 is 11.3 Å². The summed E-state index contributed by atoms with van der Waals surface area (Å²) in [5.74, 6) is 0.749. The maximum atomic E-state index is 11.9. The molecule has 0 radical (unpaired) electrons. The van der Waals surface area contributed by atoms with Crippen LogP contribution in [0, 0.1) is 12.8 Å². The fourth-order valence-corrected chi connectivity index (χ4v) is 3.06. The first-order valence-electron chi connectivity index (χ1n) is 7.06. The van der Waals surface area contributed by atoms with Gasteiger partial charge < -0.3 is 10.6 Å². The summed E-state index contributed by atoms with van der Waals surface area (Å²) < 4.78 is 0. The largest absolute Gasteiger partial charge is 0.352 e. The number of rotatable bonds is 5. The second kappa shape index (κ2) is 7.01. The molecule has 1 saturated heterocycles. The number of carbonyl (C=O) groups excluding carboxylic acids is 1. The summed E-state index contributed by atoms with van der Waals surface area (Å²) in [7, 11) is 0. The minimum Gasteiger partial charge on any atom is -0.352 e. The van der Waals surface area contributed by atoms with Gasteiger partial charge in [-0.2, -0.15) is 0 Å². The van der Waals surface area contributed by atoms with Crippen molar-refractivity contribution in [1.82, 2.24) is 15.6 Å². The Morgan fingerprint density at radius 2 is 2.47 bits per heavy atom. The van der Waals surface area contributed by atoms with Gasteiger partial charge in [0.1, 0.15) is 0 Å². The van der Waals surface area contributed by atoms with Crippen LogP contribution in [-0.4, -0.2) is 30.0 Å². The number of nitrogens with one attached hydrogen (secondary N) is 2. The highest BCUT2D eigenvalue weighted by Gasteiger charge is 2.22. The second-order valence-electron chi connectivity index (χ2n) is 5.36. The zero-order valence-electron chi connectivity index (χ0n) is 11.7. The van der Waals surface area contributed by atoms with Gasteiger partial charge in [-0.05, 0) is 38.6 Å². The average Bonchev–Trinajstić information content (AvgIpc) is 2.78. The molecular weight excluding hydrogens is 258 g/mol. The third-order valence-corrected chi connectivity index (χ3v) is 4.50. The minimum atomic E-state index is 0.174. The van der Waals surface area contributed by atoms with Crippen molar-refractivity contribution in [2.75, 3.05) is 13.1 Å². The third kappa shape index (κ3) is 4.58. The van der Waals surface area contributed by atoms with Crippen LogP contribution in [0.5, 0.6) is 0 Å². The van der Waals surface area contributed by atoms with Crippen molar-refractivity contribution in [3.05, 3.63) is 16.1 Å². The number of hydrogen-bond donors (Lipinski definition) is 2. The fourth-order valence-electron chi connectivity index (χ4n) is 2.42. The predicted octanol–water partition coefficient (Wildman–Crippen LogP) is 1.89. The molecule has 0 bridgehead atoms. The molecule has 1 aliphatic rings. The fraction of sp³-hybridized carbons (Fsp3) is 0.714. The second-order valence-corrected chi connectivity index (χ2v) is 6.42. The molecule has 1 fully saturated rings. The van der Waals surface area contributed by atoms with Gasteiger partial charge in [-0.25, -0.2) is 4.98 Å². The number of nitrogens with zero attached hydrogens (tertiary/aromatic N) is 1. The van der Waals surface area contributed by atoms with Crippen LogP contribution in [0.4, 0.5) is 0 Å². The van der Waals surface area contributed by atoms with Gasteiger partial charge in [-0.15, -0.1) is 11.3 Å². The van der Waals surface area contributed by atoms with Gasteiger partial charge in [0, 0.05) is 24.4 Å². The monoisotopic (exact) mass is 281 g/mol. The molecule has 2 N–H and O–H groups in total. The molecule has 0 saturated carbocycles. The van der Waals surface area contributed by atoms with Crippen molar-refractivity contribution in [3.8, 4) is 0 Å². The van der Waals surface area contributed by atoms with Crippen molar-refractivity contribution < 1.29 is 4.79 Å². The molecule has 106 valence electrons. The lowest BCUT2D eigenvalue weighted by Crippen LogP contribution is -2.50. The molecule has 2 rings (SSSR count). The van der Waals surface area contributed by atoms with E-state index >= 15 is 0 Å². The Morgan fingerprint density at radius 3 is 3.16 bits per heavy atom. The Hall–Kier alpha value is -0.940. The minimum absolute atomic E-state index is 0.174. The van der Waals surface area contributed by atoms with E-state index in [-0.39, 0.29) is 5.91 Å². The number of hydrogen-bond acceptors (Lipinski definition) is 4. The lowest BCUT2D eigenvalue weighted by atomic mass is 9.94. The molecule has 4 nitrogen and oxygen atoms in total. The Morgan fingerprint density at radius 1 is 1.63 bits per heavy atom. The Labute approximate surface area is 119 Å². The molecule has 0 aliphatic carbocycles. The SMILES string of the molecule is Cc1nc(CCCC(=O)NC2CNCCC2C)cs1. The summed E-state index contributed by atoms with van der Waals surface area (Å²) in [6.45, 7) is 6.19. The zero-order valence-corrected chi connectivity index (χ0v) is 12.6. The van der Waals surface area contributed by atoms with Gasteiger partial charge in [-0.1, -0.05) is 6.92 Å². The van der Waals surface area contributed by atoms with Crippen molar-refractivity contribution in [2.45, 2.75) is 45.6 Å². The van der Waals surface area contributed by atoms with Gasteiger partial charge in [0.2, 0.25) is 5.91 Å². The molecule has 1 aromatic heterocycles. The number of aromatic nitrogens is 1. The van der Waals surface area contributed by atoms with Crippen molar-refractivity contribution in [1.29, 1.82) is 0 Å². The number of aryl methyl sites for hydroxylation is 2. The molecular formula is C14H23N3OS. The molecule has 0 spiro atoms. The highest BCUT2D eigenvalue weighted by molar-refractivity contribution is 7.09. The number of piperidine rings is 1. The number of amides is 1. The summed E-state index contributed by atoms with van der Waals surface area (Å²) in [5, 5.41) is 9.66. The zero-order chi connectivity index (χ0) is 13.7. The maximum Gasteiger partial charge on any atom is 0.220 e. The first-order valence-corrected chi connectivity index (χ1v) is 7.94. The standard InChI is InChI=1S/C14H23N3OS/c1-10-6-7-15-8-13(10)17-14(18)5-3-4-12-9-19-11(2)16-12/h9-10,13,15H,3-8H2,1-2H3,(H,17,18). The van der Waals surface area contributed by atoms with E-state index < -0.39 is 0 Å². The van der Waals surface area contributed by atoms with Gasteiger partial charge in [-0.3, -0.25) is 4.79 Å². The van der Waals surface area contributed by atoms with E-state index in [0.717, 1.165) is 43.1 Å². The van der Waals surface area contributed by atoms with Gasteiger partial charge >= 0.3 is 0 Å². The maximum absolute atomic E-state index is 11.9. The average molecular weight is 281 g/mol. The Balaban J connectivity index is 1.66. The lowest BCUT2D eigenvalue weighted by molar-refractivity contribution is -0.122. The van der Waals surface area contributed by atoms with E-state index in [9.17, 15) is 4.79 Å². The number of carbonyl (C=O) groups is 1. The van der Waals surface area contributed by atoms with E-state index in [4.69, 9.17) is 0 Å². The van der Waals surface area contributed by atoms with Gasteiger partial charge in [0.05, 0.1) is 10.7 Å². The van der Waals surface area contributed by atoms with Crippen LogP contribution in [0.2, 0.25) is 0 Å². The molecule has 1 aliphatic heterocycles. The quantitative estimate of drug-likeness (QED) is 0.866. The van der Waals surface area contributed by atoms with E-state index in [2.05, 4.69) is 27.9 Å². The predicted molar refractivity (Wildman–Crippen MR) is 78.4 cm³/mol. The molecule has 2 unspecified atom stereocenters. The van der Waals surface area contributed by atoms with Crippen LogP contribution in [0.3, 0.4) is 0 Å². The molecule has 5 heteroatoms. The van der Waals surface area contributed by atoms with Gasteiger partial charge in [0.15, 0.2) is 0 Å². The van der Waals surface area contributed by atoms with E-state index in [1.54, 1.807) is 11.3 Å². The molecule has 1 aromatic rings. The first-order chi connectivity index (χ1) is 9.15. The molecule has 0 aromatic carbocycles. The normalized spacial score (nSPS) is 23.3. The van der Waals surface area contributed by atoms with Gasteiger partial charge in [0.25, 0.3) is 0 Å². The van der Waals surface area contributed by atoms with Crippen molar-refractivity contribution in [2.24, 2.45) is 5.92 Å². The summed E-state index contributed by atoms with van der Waals surface area (Å²) in [6, 6.07) is 0.294. The van der Waals surface area contributed by atoms with E-state index in [1.807, 2.05) is 6.92 Å². The third-order valence-electron chi connectivity index (χ3n) is 3.68. The topological polar surface area (TPSA) is 54.0 Å². The molecule has 2 heterocycles. The summed E-state index contributed by atoms with van der Waals surface area (Å²) in [6.07, 6.45) is 3.52. The van der Waals surface area contributed by atoms with Crippen molar-refractivity contribution >= 4 is 17.2 Å². The molecule has 1 amide bonds. The molecule has 19 heavy (non-hydrogen) atoms. The summed E-state index contributed by atoms with van der Waals surface area (Å²) in [5.41, 5.74) is 1.11. The van der Waals surface area contributed by atoms with Crippen LogP contribution < -0.4 is 10.6 Å². The highest BCUT2D eigenvalue weighted by Crippen LogP contribution is 2.13.